The molecule has 0 aromatic heterocycles. The summed E-state index contributed by atoms with van der Waals surface area (Å²) in [5.74, 6) is 1.98. The molecule has 0 saturated heterocycles. The smallest absolute Gasteiger partial charge is 0.00489 e. The molecule has 1 N–H and O–H groups in total. The van der Waals surface area contributed by atoms with Gasteiger partial charge in [0.2, 0.25) is 0 Å². The SMILES string of the molecule is CCCC(CCC)C(CCC)CCCNCC. The fourth-order valence-electron chi connectivity index (χ4n) is 3.01. The molecule has 0 fully saturated rings. The lowest BCUT2D eigenvalue weighted by molar-refractivity contribution is 0.251. The minimum atomic E-state index is 0.985. The molecule has 0 aromatic rings. The van der Waals surface area contributed by atoms with Crippen molar-refractivity contribution in [2.45, 2.75) is 79.1 Å². The van der Waals surface area contributed by atoms with Crippen LogP contribution in [0.2, 0.25) is 0 Å². The van der Waals surface area contributed by atoms with E-state index >= 15 is 0 Å². The molecule has 0 aliphatic carbocycles. The first kappa shape index (κ1) is 17.0. The van der Waals surface area contributed by atoms with Gasteiger partial charge in [-0.15, -0.1) is 0 Å². The molecule has 0 rings (SSSR count). The molecule has 0 aliphatic heterocycles. The largest absolute Gasteiger partial charge is 0.317 e. The van der Waals surface area contributed by atoms with E-state index in [2.05, 4.69) is 33.0 Å². The molecule has 104 valence electrons. The summed E-state index contributed by atoms with van der Waals surface area (Å²) in [4.78, 5) is 0. The molecular weight excluding hydrogens is 206 g/mol. The molecule has 17 heavy (non-hydrogen) atoms. The second kappa shape index (κ2) is 12.4. The molecule has 0 amide bonds. The van der Waals surface area contributed by atoms with Crippen LogP contribution in [0.25, 0.3) is 0 Å². The van der Waals surface area contributed by atoms with Crippen LogP contribution in [0.4, 0.5) is 0 Å². The van der Waals surface area contributed by atoms with E-state index in [1.165, 1.54) is 57.9 Å². The predicted octanol–water partition coefficient (Wildman–Crippen LogP) is 5.01. The Bertz CT molecular complexity index is 138. The number of hydrogen-bond donors (Lipinski definition) is 1. The molecule has 0 bridgehead atoms. The average Bonchev–Trinajstić information content (AvgIpc) is 2.33. The zero-order valence-electron chi connectivity index (χ0n) is 12.7. The van der Waals surface area contributed by atoms with E-state index in [0.717, 1.165) is 18.4 Å². The summed E-state index contributed by atoms with van der Waals surface area (Å²) in [6.45, 7) is 11.5. The van der Waals surface area contributed by atoms with Gasteiger partial charge in [0.05, 0.1) is 0 Å². The summed E-state index contributed by atoms with van der Waals surface area (Å²) >= 11 is 0. The minimum absolute atomic E-state index is 0.985. The van der Waals surface area contributed by atoms with Crippen LogP contribution >= 0.6 is 0 Å². The van der Waals surface area contributed by atoms with Crippen molar-refractivity contribution in [2.75, 3.05) is 13.1 Å². The fourth-order valence-corrected chi connectivity index (χ4v) is 3.01. The Kier molecular flexibility index (Phi) is 12.4. The quantitative estimate of drug-likeness (QED) is 0.474. The van der Waals surface area contributed by atoms with Crippen LogP contribution in [0.15, 0.2) is 0 Å². The van der Waals surface area contributed by atoms with Crippen LogP contribution in [-0.4, -0.2) is 13.1 Å². The Balaban J connectivity index is 4.04. The minimum Gasteiger partial charge on any atom is -0.317 e. The molecular formula is C16H35N. The van der Waals surface area contributed by atoms with Gasteiger partial charge in [-0.3, -0.25) is 0 Å². The third kappa shape index (κ3) is 8.65. The Hall–Kier alpha value is -0.0400. The lowest BCUT2D eigenvalue weighted by atomic mass is 9.80. The third-order valence-corrected chi connectivity index (χ3v) is 3.82. The van der Waals surface area contributed by atoms with E-state index in [4.69, 9.17) is 0 Å². The standard InChI is InChI=1S/C16H35N/c1-5-10-15(11-6-2)16(12-7-3)13-9-14-17-8-4/h15-17H,5-14H2,1-4H3. The Morgan fingerprint density at radius 1 is 0.706 bits per heavy atom. The van der Waals surface area contributed by atoms with Crippen LogP contribution in [0.3, 0.4) is 0 Å². The lowest BCUT2D eigenvalue weighted by Crippen LogP contribution is -2.19. The van der Waals surface area contributed by atoms with Gasteiger partial charge in [0.25, 0.3) is 0 Å². The first-order valence-electron chi connectivity index (χ1n) is 8.00. The molecule has 0 radical (unpaired) electrons. The van der Waals surface area contributed by atoms with Crippen molar-refractivity contribution in [1.82, 2.24) is 5.32 Å². The Labute approximate surface area is 110 Å². The first-order valence-corrected chi connectivity index (χ1v) is 8.00. The maximum absolute atomic E-state index is 3.45. The van der Waals surface area contributed by atoms with Gasteiger partial charge in [0.1, 0.15) is 0 Å². The van der Waals surface area contributed by atoms with Gasteiger partial charge in [-0.25, -0.2) is 0 Å². The van der Waals surface area contributed by atoms with Gasteiger partial charge < -0.3 is 5.32 Å². The van der Waals surface area contributed by atoms with E-state index in [-0.39, 0.29) is 0 Å². The van der Waals surface area contributed by atoms with Crippen molar-refractivity contribution in [3.63, 3.8) is 0 Å². The molecule has 1 heteroatoms. The van der Waals surface area contributed by atoms with E-state index in [1.54, 1.807) is 0 Å². The summed E-state index contributed by atoms with van der Waals surface area (Å²) in [5.41, 5.74) is 0. The lowest BCUT2D eigenvalue weighted by Gasteiger charge is -2.26. The highest BCUT2D eigenvalue weighted by Gasteiger charge is 2.18. The van der Waals surface area contributed by atoms with Crippen molar-refractivity contribution in [2.24, 2.45) is 11.8 Å². The second-order valence-electron chi connectivity index (χ2n) is 5.38. The molecule has 0 spiro atoms. The van der Waals surface area contributed by atoms with Crippen molar-refractivity contribution in [1.29, 1.82) is 0 Å². The monoisotopic (exact) mass is 241 g/mol. The molecule has 1 atom stereocenters. The molecule has 1 nitrogen and oxygen atoms in total. The van der Waals surface area contributed by atoms with Crippen molar-refractivity contribution in [3.05, 3.63) is 0 Å². The van der Waals surface area contributed by atoms with Gasteiger partial charge in [-0.05, 0) is 37.8 Å². The zero-order valence-corrected chi connectivity index (χ0v) is 12.7. The van der Waals surface area contributed by atoms with E-state index in [0.29, 0.717) is 0 Å². The van der Waals surface area contributed by atoms with Gasteiger partial charge in [0, 0.05) is 0 Å². The summed E-state index contributed by atoms with van der Waals surface area (Å²) < 4.78 is 0. The van der Waals surface area contributed by atoms with E-state index in [9.17, 15) is 0 Å². The number of rotatable bonds is 12. The molecule has 0 aromatic carbocycles. The molecule has 0 aliphatic rings. The van der Waals surface area contributed by atoms with Crippen LogP contribution in [0.5, 0.6) is 0 Å². The highest BCUT2D eigenvalue weighted by molar-refractivity contribution is 4.70. The maximum atomic E-state index is 3.45. The highest BCUT2D eigenvalue weighted by Crippen LogP contribution is 2.30. The van der Waals surface area contributed by atoms with Crippen molar-refractivity contribution in [3.8, 4) is 0 Å². The normalized spacial score (nSPS) is 13.2. The van der Waals surface area contributed by atoms with Crippen LogP contribution in [0, 0.1) is 11.8 Å². The van der Waals surface area contributed by atoms with Crippen molar-refractivity contribution >= 4 is 0 Å². The molecule has 0 heterocycles. The Morgan fingerprint density at radius 2 is 1.18 bits per heavy atom. The zero-order chi connectivity index (χ0) is 12.9. The van der Waals surface area contributed by atoms with E-state index in [1.807, 2.05) is 0 Å². The van der Waals surface area contributed by atoms with Gasteiger partial charge in [0.15, 0.2) is 0 Å². The van der Waals surface area contributed by atoms with Crippen molar-refractivity contribution < 1.29 is 0 Å². The second-order valence-corrected chi connectivity index (χ2v) is 5.38. The summed E-state index contributed by atoms with van der Waals surface area (Å²) in [5, 5.41) is 3.45. The topological polar surface area (TPSA) is 12.0 Å². The van der Waals surface area contributed by atoms with Gasteiger partial charge in [-0.2, -0.15) is 0 Å². The summed E-state index contributed by atoms with van der Waals surface area (Å²) in [6.07, 6.45) is 11.2. The van der Waals surface area contributed by atoms with Crippen LogP contribution in [0.1, 0.15) is 79.1 Å². The Morgan fingerprint density at radius 3 is 1.59 bits per heavy atom. The third-order valence-electron chi connectivity index (χ3n) is 3.82. The van der Waals surface area contributed by atoms with Gasteiger partial charge >= 0.3 is 0 Å². The highest BCUT2D eigenvalue weighted by atomic mass is 14.8. The first-order chi connectivity index (χ1) is 8.29. The number of nitrogens with one attached hydrogen (secondary N) is 1. The average molecular weight is 241 g/mol. The van der Waals surface area contributed by atoms with Crippen LogP contribution < -0.4 is 5.32 Å². The summed E-state index contributed by atoms with van der Waals surface area (Å²) in [7, 11) is 0. The number of hydrogen-bond acceptors (Lipinski definition) is 1. The van der Waals surface area contributed by atoms with Crippen LogP contribution in [-0.2, 0) is 0 Å². The molecule has 1 unspecified atom stereocenters. The maximum Gasteiger partial charge on any atom is -0.00489 e. The van der Waals surface area contributed by atoms with Gasteiger partial charge in [-0.1, -0.05) is 66.2 Å². The molecule has 0 saturated carbocycles. The summed E-state index contributed by atoms with van der Waals surface area (Å²) in [6, 6.07) is 0. The van der Waals surface area contributed by atoms with E-state index < -0.39 is 0 Å². The fraction of sp³-hybridized carbons (Fsp3) is 1.00. The predicted molar refractivity (Wildman–Crippen MR) is 79.5 cm³/mol.